The molecule has 0 atom stereocenters. The van der Waals surface area contributed by atoms with E-state index in [1.807, 2.05) is 0 Å². The smallest absolute Gasteiger partial charge is 0.435 e. The van der Waals surface area contributed by atoms with Crippen molar-refractivity contribution in [3.63, 3.8) is 0 Å². The van der Waals surface area contributed by atoms with E-state index in [2.05, 4.69) is 10.1 Å². The fraction of sp³-hybridized carbons (Fsp3) is 0.333. The van der Waals surface area contributed by atoms with Crippen molar-refractivity contribution in [1.82, 2.24) is 14.8 Å². The molecule has 5 nitrogen and oxygen atoms in total. The van der Waals surface area contributed by atoms with Gasteiger partial charge in [0.15, 0.2) is 5.69 Å². The Kier molecular flexibility index (Phi) is 5.93. The van der Waals surface area contributed by atoms with Crippen molar-refractivity contribution in [2.45, 2.75) is 31.3 Å². The van der Waals surface area contributed by atoms with E-state index < -0.39 is 35.5 Å². The van der Waals surface area contributed by atoms with Crippen LogP contribution in [-0.4, -0.2) is 34.0 Å². The Hall–Kier alpha value is -3.31. The molecule has 33 heavy (non-hydrogen) atoms. The molecule has 1 aliphatic rings. The Morgan fingerprint density at radius 3 is 2.18 bits per heavy atom. The summed E-state index contributed by atoms with van der Waals surface area (Å²) < 4.78 is 98.5. The van der Waals surface area contributed by atoms with Gasteiger partial charge in [-0.2, -0.15) is 36.1 Å². The van der Waals surface area contributed by atoms with Gasteiger partial charge in [-0.05, 0) is 24.3 Å². The number of piperidine rings is 1. The molecule has 4 rings (SSSR count). The summed E-state index contributed by atoms with van der Waals surface area (Å²) in [6.45, 7) is 0.728. The van der Waals surface area contributed by atoms with E-state index in [1.165, 1.54) is 24.3 Å². The van der Waals surface area contributed by atoms with Crippen molar-refractivity contribution in [2.24, 2.45) is 0 Å². The zero-order valence-electron chi connectivity index (χ0n) is 16.9. The minimum atomic E-state index is -4.74. The van der Waals surface area contributed by atoms with E-state index in [0.717, 1.165) is 29.1 Å². The number of hydrogen-bond acceptors (Lipinski definition) is 4. The molecular weight excluding hydrogens is 457 g/mol. The summed E-state index contributed by atoms with van der Waals surface area (Å²) in [6, 6.07) is 8.18. The Bertz CT molecular complexity index is 1100. The molecule has 0 amide bonds. The van der Waals surface area contributed by atoms with Crippen LogP contribution in [-0.2, 0) is 12.4 Å². The molecule has 0 radical (unpaired) electrons. The summed E-state index contributed by atoms with van der Waals surface area (Å²) in [4.78, 5) is 5.62. The Morgan fingerprint density at radius 1 is 0.909 bits per heavy atom. The third-order valence-electron chi connectivity index (χ3n) is 5.18. The van der Waals surface area contributed by atoms with Gasteiger partial charge in [-0.15, -0.1) is 0 Å². The molecule has 176 valence electrons. The number of para-hydroxylation sites is 1. The first kappa shape index (κ1) is 22.9. The highest BCUT2D eigenvalue weighted by atomic mass is 19.4. The number of rotatable bonds is 4. The van der Waals surface area contributed by atoms with Gasteiger partial charge in [0.2, 0.25) is 5.88 Å². The number of anilines is 1. The number of ether oxygens (including phenoxy) is 1. The molecule has 3 aromatic rings. The number of hydrogen-bond donors (Lipinski definition) is 0. The average Bonchev–Trinajstić information content (AvgIpc) is 3.18. The average molecular weight is 474 g/mol. The maximum atomic E-state index is 14.2. The SMILES string of the molecule is Fc1ccccc1-n1nc(C(F)(F)F)cc1OC1CCN(c2ccc(C(F)(F)F)cn2)CC1. The molecule has 1 fully saturated rings. The van der Waals surface area contributed by atoms with Crippen molar-refractivity contribution in [3.8, 4) is 11.6 Å². The molecule has 2 aromatic heterocycles. The van der Waals surface area contributed by atoms with Crippen LogP contribution in [0.1, 0.15) is 24.1 Å². The number of alkyl halides is 6. The fourth-order valence-electron chi connectivity index (χ4n) is 3.50. The molecule has 1 aliphatic heterocycles. The van der Waals surface area contributed by atoms with Crippen LogP contribution in [0.2, 0.25) is 0 Å². The van der Waals surface area contributed by atoms with Crippen molar-refractivity contribution < 1.29 is 35.5 Å². The molecule has 0 unspecified atom stereocenters. The lowest BCUT2D eigenvalue weighted by Gasteiger charge is -2.33. The van der Waals surface area contributed by atoms with E-state index in [1.54, 1.807) is 4.90 Å². The molecule has 0 N–H and O–H groups in total. The van der Waals surface area contributed by atoms with Crippen molar-refractivity contribution in [1.29, 1.82) is 0 Å². The number of nitrogens with zero attached hydrogens (tertiary/aromatic N) is 4. The maximum absolute atomic E-state index is 14.2. The van der Waals surface area contributed by atoms with Gasteiger partial charge in [0.05, 0.1) is 5.56 Å². The second kappa shape index (κ2) is 8.56. The molecule has 0 bridgehead atoms. The highest BCUT2D eigenvalue weighted by Crippen LogP contribution is 2.34. The Morgan fingerprint density at radius 2 is 1.61 bits per heavy atom. The lowest BCUT2D eigenvalue weighted by Crippen LogP contribution is -2.39. The van der Waals surface area contributed by atoms with E-state index in [4.69, 9.17) is 4.74 Å². The van der Waals surface area contributed by atoms with Crippen molar-refractivity contribution in [2.75, 3.05) is 18.0 Å². The zero-order chi connectivity index (χ0) is 23.8. The predicted octanol–water partition coefficient (Wildman–Crippen LogP) is 5.49. The van der Waals surface area contributed by atoms with Crippen LogP contribution >= 0.6 is 0 Å². The van der Waals surface area contributed by atoms with Gasteiger partial charge in [-0.1, -0.05) is 12.1 Å². The number of benzene rings is 1. The van der Waals surface area contributed by atoms with Gasteiger partial charge in [0.1, 0.15) is 23.4 Å². The lowest BCUT2D eigenvalue weighted by molar-refractivity contribution is -0.141. The van der Waals surface area contributed by atoms with E-state index in [-0.39, 0.29) is 11.6 Å². The largest absolute Gasteiger partial charge is 0.474 e. The quantitative estimate of drug-likeness (QED) is 0.469. The summed E-state index contributed by atoms with van der Waals surface area (Å²) in [6.07, 6.45) is -8.24. The third-order valence-corrected chi connectivity index (χ3v) is 5.18. The maximum Gasteiger partial charge on any atom is 0.435 e. The van der Waals surface area contributed by atoms with Crippen molar-refractivity contribution >= 4 is 5.82 Å². The molecule has 0 aliphatic carbocycles. The summed E-state index contributed by atoms with van der Waals surface area (Å²) in [5, 5.41) is 3.48. The van der Waals surface area contributed by atoms with Crippen LogP contribution in [0.4, 0.5) is 36.6 Å². The standard InChI is InChI=1S/C21H17F7N4O/c22-15-3-1-2-4-16(15)32-19(11-17(30-32)21(26,27)28)33-14-7-9-31(10-8-14)18-6-5-13(12-29-18)20(23,24)25/h1-6,11-12,14H,7-10H2. The molecule has 1 aromatic carbocycles. The Labute approximate surface area is 183 Å². The number of halogens is 7. The van der Waals surface area contributed by atoms with Gasteiger partial charge in [0.25, 0.3) is 0 Å². The summed E-state index contributed by atoms with van der Waals surface area (Å²) in [5.41, 5.74) is -2.26. The fourth-order valence-corrected chi connectivity index (χ4v) is 3.50. The highest BCUT2D eigenvalue weighted by molar-refractivity contribution is 5.41. The Balaban J connectivity index is 1.48. The molecule has 12 heteroatoms. The third kappa shape index (κ3) is 5.04. The molecule has 0 saturated carbocycles. The second-order valence-electron chi connectivity index (χ2n) is 7.44. The van der Waals surface area contributed by atoms with E-state index in [9.17, 15) is 30.7 Å². The highest BCUT2D eigenvalue weighted by Gasteiger charge is 2.36. The van der Waals surface area contributed by atoms with Gasteiger partial charge < -0.3 is 9.64 Å². The van der Waals surface area contributed by atoms with Gasteiger partial charge in [-0.25, -0.2) is 9.37 Å². The van der Waals surface area contributed by atoms with Crippen LogP contribution < -0.4 is 9.64 Å². The molecule has 0 spiro atoms. The summed E-state index contributed by atoms with van der Waals surface area (Å²) in [7, 11) is 0. The summed E-state index contributed by atoms with van der Waals surface area (Å²) >= 11 is 0. The number of aromatic nitrogens is 3. The van der Waals surface area contributed by atoms with Crippen LogP contribution in [0.3, 0.4) is 0 Å². The normalized spacial score (nSPS) is 15.7. The number of pyridine rings is 1. The first-order valence-corrected chi connectivity index (χ1v) is 9.89. The molecule has 3 heterocycles. The summed E-state index contributed by atoms with van der Waals surface area (Å²) in [5.74, 6) is -0.655. The topological polar surface area (TPSA) is 43.2 Å². The minimum Gasteiger partial charge on any atom is -0.474 e. The lowest BCUT2D eigenvalue weighted by atomic mass is 10.1. The van der Waals surface area contributed by atoms with Crippen LogP contribution in [0, 0.1) is 5.82 Å². The van der Waals surface area contributed by atoms with Crippen LogP contribution in [0.15, 0.2) is 48.7 Å². The molecular formula is C21H17F7N4O. The zero-order valence-corrected chi connectivity index (χ0v) is 16.9. The predicted molar refractivity (Wildman–Crippen MR) is 104 cm³/mol. The van der Waals surface area contributed by atoms with Crippen LogP contribution in [0.5, 0.6) is 5.88 Å². The van der Waals surface area contributed by atoms with E-state index in [0.29, 0.717) is 31.7 Å². The molecule has 1 saturated heterocycles. The first-order chi connectivity index (χ1) is 15.5. The van der Waals surface area contributed by atoms with E-state index >= 15 is 0 Å². The van der Waals surface area contributed by atoms with Crippen molar-refractivity contribution in [3.05, 3.63) is 65.7 Å². The second-order valence-corrected chi connectivity index (χ2v) is 7.44. The first-order valence-electron chi connectivity index (χ1n) is 9.89. The van der Waals surface area contributed by atoms with Crippen LogP contribution in [0.25, 0.3) is 5.69 Å². The van der Waals surface area contributed by atoms with Gasteiger partial charge in [0, 0.05) is 38.2 Å². The minimum absolute atomic E-state index is 0.186. The monoisotopic (exact) mass is 474 g/mol. The van der Waals surface area contributed by atoms with Gasteiger partial charge >= 0.3 is 12.4 Å². The van der Waals surface area contributed by atoms with Gasteiger partial charge in [-0.3, -0.25) is 0 Å².